The van der Waals surface area contributed by atoms with Crippen LogP contribution in [-0.4, -0.2) is 38.0 Å². The molecule has 0 saturated carbocycles. The fraction of sp³-hybridized carbons (Fsp3) is 0.385. The molecule has 0 saturated heterocycles. The molecule has 0 bridgehead atoms. The number of nitrogens with two attached hydrogens (primary N) is 1. The normalized spacial score (nSPS) is 13.7. The number of Topliss-reactive ketones (excluding diaryl/α,β-unsaturated/α-hetero) is 1. The number of benzene rings is 1. The first kappa shape index (κ1) is 14.3. The summed E-state index contributed by atoms with van der Waals surface area (Å²) >= 11 is 0. The average Bonchev–Trinajstić information content (AvgIpc) is 2.40. The Balaban J connectivity index is 2.77. The first-order valence-electron chi connectivity index (χ1n) is 5.69. The highest BCUT2D eigenvalue weighted by atomic mass is 16.5. The smallest absolute Gasteiger partial charge is 0.307 e. The largest absolute Gasteiger partial charge is 0.469 e. The van der Waals surface area contributed by atoms with E-state index in [2.05, 4.69) is 10.1 Å². The number of hydrogen-bond donors (Lipinski definition) is 2. The van der Waals surface area contributed by atoms with Crippen molar-refractivity contribution in [2.45, 2.75) is 18.5 Å². The molecule has 0 spiro atoms. The van der Waals surface area contributed by atoms with Crippen molar-refractivity contribution in [3.63, 3.8) is 0 Å². The second kappa shape index (κ2) is 6.88. The van der Waals surface area contributed by atoms with Gasteiger partial charge >= 0.3 is 5.97 Å². The first-order valence-corrected chi connectivity index (χ1v) is 5.69. The lowest BCUT2D eigenvalue weighted by Gasteiger charge is -2.21. The number of carbonyl (C=O) groups excluding carboxylic acids is 2. The Hall–Kier alpha value is -1.72. The van der Waals surface area contributed by atoms with Crippen LogP contribution in [-0.2, 0) is 9.53 Å². The van der Waals surface area contributed by atoms with Gasteiger partial charge in [0.05, 0.1) is 19.6 Å². The number of ketones is 1. The van der Waals surface area contributed by atoms with E-state index >= 15 is 0 Å². The molecule has 2 unspecified atom stereocenters. The molecule has 0 aromatic heterocycles. The Morgan fingerprint density at radius 2 is 1.94 bits per heavy atom. The molecule has 5 nitrogen and oxygen atoms in total. The Morgan fingerprint density at radius 1 is 1.33 bits per heavy atom. The topological polar surface area (TPSA) is 81.4 Å². The van der Waals surface area contributed by atoms with E-state index < -0.39 is 18.1 Å². The summed E-state index contributed by atoms with van der Waals surface area (Å²) in [4.78, 5) is 23.4. The van der Waals surface area contributed by atoms with Crippen LogP contribution in [0.5, 0.6) is 0 Å². The van der Waals surface area contributed by atoms with Crippen molar-refractivity contribution in [3.8, 4) is 0 Å². The van der Waals surface area contributed by atoms with Crippen LogP contribution in [0.3, 0.4) is 0 Å². The summed E-state index contributed by atoms with van der Waals surface area (Å²) in [6, 6.07) is 7.62. The molecular formula is C13H18N2O3. The molecule has 1 aromatic carbocycles. The second-order valence-corrected chi connectivity index (χ2v) is 3.94. The van der Waals surface area contributed by atoms with Gasteiger partial charge in [0.2, 0.25) is 0 Å². The molecule has 0 aliphatic rings. The molecule has 2 atom stereocenters. The van der Waals surface area contributed by atoms with E-state index in [0.29, 0.717) is 5.56 Å². The number of nitrogens with one attached hydrogen (secondary N) is 1. The summed E-state index contributed by atoms with van der Waals surface area (Å²) < 4.78 is 4.54. The van der Waals surface area contributed by atoms with Crippen LogP contribution in [0, 0.1) is 0 Å². The monoisotopic (exact) mass is 250 g/mol. The zero-order chi connectivity index (χ0) is 13.5. The van der Waals surface area contributed by atoms with Crippen LogP contribution in [0.2, 0.25) is 0 Å². The minimum absolute atomic E-state index is 0.000576. The van der Waals surface area contributed by atoms with Gasteiger partial charge in [-0.2, -0.15) is 0 Å². The van der Waals surface area contributed by atoms with Crippen molar-refractivity contribution < 1.29 is 14.3 Å². The van der Waals surface area contributed by atoms with Gasteiger partial charge in [0.25, 0.3) is 0 Å². The van der Waals surface area contributed by atoms with Crippen molar-refractivity contribution in [2.75, 3.05) is 14.2 Å². The van der Waals surface area contributed by atoms with Crippen LogP contribution in [0.4, 0.5) is 0 Å². The summed E-state index contributed by atoms with van der Waals surface area (Å²) in [5.41, 5.74) is 6.43. The van der Waals surface area contributed by atoms with Crippen molar-refractivity contribution in [2.24, 2.45) is 5.73 Å². The number of rotatable bonds is 6. The van der Waals surface area contributed by atoms with Crippen molar-refractivity contribution >= 4 is 11.8 Å². The third-order valence-electron chi connectivity index (χ3n) is 2.71. The Labute approximate surface area is 106 Å². The fourth-order valence-corrected chi connectivity index (χ4v) is 1.72. The Kier molecular flexibility index (Phi) is 5.48. The van der Waals surface area contributed by atoms with E-state index in [4.69, 9.17) is 5.73 Å². The van der Waals surface area contributed by atoms with Crippen molar-refractivity contribution in [1.82, 2.24) is 5.32 Å². The predicted octanol–water partition coefficient (Wildman–Crippen LogP) is 0.348. The fourth-order valence-electron chi connectivity index (χ4n) is 1.72. The van der Waals surface area contributed by atoms with Crippen LogP contribution in [0.25, 0.3) is 0 Å². The molecule has 0 aliphatic carbocycles. The van der Waals surface area contributed by atoms with Gasteiger partial charge in [-0.15, -0.1) is 0 Å². The van der Waals surface area contributed by atoms with Crippen molar-refractivity contribution in [3.05, 3.63) is 35.9 Å². The number of likely N-dealkylation sites (N-methyl/N-ethyl adjacent to an activating group) is 1. The molecule has 5 heteroatoms. The zero-order valence-electron chi connectivity index (χ0n) is 10.6. The van der Waals surface area contributed by atoms with Gasteiger partial charge in [0.1, 0.15) is 0 Å². The van der Waals surface area contributed by atoms with E-state index in [1.165, 1.54) is 7.11 Å². The van der Waals surface area contributed by atoms with E-state index in [-0.39, 0.29) is 12.2 Å². The van der Waals surface area contributed by atoms with E-state index in [0.717, 1.165) is 0 Å². The maximum Gasteiger partial charge on any atom is 0.307 e. The first-order chi connectivity index (χ1) is 8.60. The van der Waals surface area contributed by atoms with Gasteiger partial charge in [-0.25, -0.2) is 0 Å². The quantitative estimate of drug-likeness (QED) is 0.562. The molecule has 0 radical (unpaired) electrons. The van der Waals surface area contributed by atoms with Crippen molar-refractivity contribution in [1.29, 1.82) is 0 Å². The minimum atomic E-state index is -0.616. The van der Waals surface area contributed by atoms with Gasteiger partial charge in [-0.05, 0) is 7.05 Å². The highest BCUT2D eigenvalue weighted by Gasteiger charge is 2.26. The van der Waals surface area contributed by atoms with Crippen LogP contribution in [0.15, 0.2) is 30.3 Å². The van der Waals surface area contributed by atoms with Gasteiger partial charge < -0.3 is 15.8 Å². The van der Waals surface area contributed by atoms with Gasteiger partial charge in [0.15, 0.2) is 5.78 Å². The maximum atomic E-state index is 12.2. The second-order valence-electron chi connectivity index (χ2n) is 3.94. The Bertz CT molecular complexity index is 406. The molecule has 18 heavy (non-hydrogen) atoms. The van der Waals surface area contributed by atoms with E-state index in [1.54, 1.807) is 31.3 Å². The molecule has 0 amide bonds. The zero-order valence-corrected chi connectivity index (χ0v) is 10.6. The van der Waals surface area contributed by atoms with Crippen LogP contribution >= 0.6 is 0 Å². The Morgan fingerprint density at radius 3 is 2.44 bits per heavy atom. The van der Waals surface area contributed by atoms with Gasteiger partial charge in [-0.1, -0.05) is 30.3 Å². The number of esters is 1. The minimum Gasteiger partial charge on any atom is -0.469 e. The van der Waals surface area contributed by atoms with Gasteiger partial charge in [-0.3, -0.25) is 9.59 Å². The van der Waals surface area contributed by atoms with Gasteiger partial charge in [0, 0.05) is 11.6 Å². The number of hydrogen-bond acceptors (Lipinski definition) is 5. The molecule has 98 valence electrons. The number of carbonyl (C=O) groups is 2. The summed E-state index contributed by atoms with van der Waals surface area (Å²) in [5, 5.41) is 2.85. The lowest BCUT2D eigenvalue weighted by molar-refractivity contribution is -0.141. The van der Waals surface area contributed by atoms with Crippen LogP contribution in [0.1, 0.15) is 16.8 Å². The lowest BCUT2D eigenvalue weighted by atomic mass is 9.96. The standard InChI is InChI=1S/C13H18N2O3/c1-15-12(10(14)8-11(16)18-2)13(17)9-6-4-3-5-7-9/h3-7,10,12,15H,8,14H2,1-2H3. The highest BCUT2D eigenvalue weighted by Crippen LogP contribution is 2.07. The molecule has 1 rings (SSSR count). The third-order valence-corrected chi connectivity index (χ3v) is 2.71. The number of methoxy groups -OCH3 is 1. The third kappa shape index (κ3) is 3.65. The molecular weight excluding hydrogens is 232 g/mol. The molecule has 0 heterocycles. The molecule has 3 N–H and O–H groups in total. The molecule has 0 aliphatic heterocycles. The maximum absolute atomic E-state index is 12.2. The number of ether oxygens (including phenoxy) is 1. The summed E-state index contributed by atoms with van der Waals surface area (Å²) in [6.45, 7) is 0. The molecule has 0 fully saturated rings. The summed E-state index contributed by atoms with van der Waals surface area (Å²) in [6.07, 6.45) is 0.000576. The SMILES string of the molecule is CNC(C(=O)c1ccccc1)C(N)CC(=O)OC. The van der Waals surface area contributed by atoms with E-state index in [9.17, 15) is 9.59 Å². The predicted molar refractivity (Wildman–Crippen MR) is 68.2 cm³/mol. The molecule has 1 aromatic rings. The lowest BCUT2D eigenvalue weighted by Crippen LogP contribution is -2.50. The van der Waals surface area contributed by atoms with E-state index in [1.807, 2.05) is 6.07 Å². The average molecular weight is 250 g/mol. The summed E-state index contributed by atoms with van der Waals surface area (Å²) in [7, 11) is 2.94. The van der Waals surface area contributed by atoms with Crippen LogP contribution < -0.4 is 11.1 Å². The summed E-state index contributed by atoms with van der Waals surface area (Å²) in [5.74, 6) is -0.557. The highest BCUT2D eigenvalue weighted by molar-refractivity contribution is 6.00.